The van der Waals surface area contributed by atoms with Crippen LogP contribution in [0.25, 0.3) is 0 Å². The molecule has 0 aromatic heterocycles. The molecule has 0 amide bonds. The van der Waals surface area contributed by atoms with Gasteiger partial charge in [-0.3, -0.25) is 4.70 Å². The monoisotopic (exact) mass is 196 g/mol. The maximum Gasteiger partial charge on any atom is 1.00 e. The molecule has 0 rings (SSSR count). The summed E-state index contributed by atoms with van der Waals surface area (Å²) < 4.78 is 0. The molecule has 0 radical (unpaired) electrons. The van der Waals surface area contributed by atoms with E-state index in [-0.39, 0.29) is 88.5 Å². The molecule has 2 nitrogen and oxygen atoms in total. The van der Waals surface area contributed by atoms with Crippen LogP contribution in [0.5, 0.6) is 0 Å². The first-order valence-corrected chi connectivity index (χ1v) is 2.29. The summed E-state index contributed by atoms with van der Waals surface area (Å²) >= 11 is 0. The standard InChI is InChI=1S/C6H8O2.FH.K.Na.2H/c1-2-3-4-5-6(7)8;;;;;/h2-5H,1H3,(H,7,8);1H;;;;/q;;2*+1;2*-1/b3-2+,5-4+;;;;;. The van der Waals surface area contributed by atoms with E-state index in [9.17, 15) is 4.79 Å². The van der Waals surface area contributed by atoms with Gasteiger partial charge in [-0.2, -0.15) is 0 Å². The van der Waals surface area contributed by atoms with Crippen molar-refractivity contribution in [2.75, 3.05) is 0 Å². The minimum Gasteiger partial charge on any atom is -1.00 e. The fraction of sp³-hybridized carbons (Fsp3) is 0.167. The summed E-state index contributed by atoms with van der Waals surface area (Å²) in [6.45, 7) is 1.83. The van der Waals surface area contributed by atoms with Gasteiger partial charge < -0.3 is 7.96 Å². The molecule has 5 heteroatoms. The molecule has 1 N–H and O–H groups in total. The number of rotatable bonds is 2. The molecular formula is C6H11FKNaO2. The number of hydrogen-bond acceptors (Lipinski definition) is 1. The molecule has 0 aromatic carbocycles. The van der Waals surface area contributed by atoms with Gasteiger partial charge in [-0.1, -0.05) is 18.2 Å². The zero-order valence-corrected chi connectivity index (χ0v) is 12.2. The Hall–Kier alpha value is 1.52. The van der Waals surface area contributed by atoms with Gasteiger partial charge in [0.25, 0.3) is 0 Å². The van der Waals surface area contributed by atoms with Crippen LogP contribution in [0.3, 0.4) is 0 Å². The van der Waals surface area contributed by atoms with Crippen LogP contribution in [-0.4, -0.2) is 11.1 Å². The van der Waals surface area contributed by atoms with Crippen LogP contribution < -0.4 is 80.9 Å². The van der Waals surface area contributed by atoms with E-state index >= 15 is 0 Å². The molecule has 0 spiro atoms. The fourth-order valence-electron chi connectivity index (χ4n) is 0.249. The molecule has 0 unspecified atom stereocenters. The number of allylic oxidation sites excluding steroid dienone is 3. The summed E-state index contributed by atoms with van der Waals surface area (Å²) in [4.78, 5) is 9.75. The Morgan fingerprint density at radius 1 is 1.45 bits per heavy atom. The molecule has 0 heterocycles. The van der Waals surface area contributed by atoms with Crippen molar-refractivity contribution in [2.24, 2.45) is 0 Å². The molecular weight excluding hydrogens is 185 g/mol. The number of carboxylic acid groups (broad SMARTS) is 1. The van der Waals surface area contributed by atoms with E-state index < -0.39 is 5.97 Å². The third kappa shape index (κ3) is 24.6. The van der Waals surface area contributed by atoms with Crippen LogP contribution in [0.1, 0.15) is 9.78 Å². The number of aliphatic carboxylic acids is 1. The smallest absolute Gasteiger partial charge is 1.00 e. The molecule has 0 aliphatic carbocycles. The Morgan fingerprint density at radius 3 is 2.18 bits per heavy atom. The van der Waals surface area contributed by atoms with Crippen LogP contribution in [-0.2, 0) is 4.79 Å². The Bertz CT molecular complexity index is 145. The first-order chi connectivity index (χ1) is 3.77. The number of carbonyl (C=O) groups is 1. The first-order valence-electron chi connectivity index (χ1n) is 2.29. The molecule has 0 aliphatic rings. The van der Waals surface area contributed by atoms with Crippen LogP contribution in [0.4, 0.5) is 4.70 Å². The average Bonchev–Trinajstić information content (AvgIpc) is 1.66. The van der Waals surface area contributed by atoms with Gasteiger partial charge in [0.05, 0.1) is 0 Å². The van der Waals surface area contributed by atoms with E-state index in [4.69, 9.17) is 5.11 Å². The van der Waals surface area contributed by atoms with E-state index in [0.717, 1.165) is 6.08 Å². The summed E-state index contributed by atoms with van der Waals surface area (Å²) in [5.74, 6) is -0.914. The maximum atomic E-state index is 9.75. The Kier molecular flexibility index (Phi) is 36.5. The molecule has 56 valence electrons. The zero-order chi connectivity index (χ0) is 6.41. The normalized spacial score (nSPS) is 8.09. The van der Waals surface area contributed by atoms with Crippen LogP contribution in [0.15, 0.2) is 24.3 Å². The van der Waals surface area contributed by atoms with Crippen molar-refractivity contribution >= 4 is 5.97 Å². The van der Waals surface area contributed by atoms with Gasteiger partial charge in [0, 0.05) is 6.08 Å². The molecule has 0 aromatic rings. The second-order valence-electron chi connectivity index (χ2n) is 1.22. The zero-order valence-electron chi connectivity index (χ0n) is 9.07. The van der Waals surface area contributed by atoms with Crippen molar-refractivity contribution in [1.29, 1.82) is 0 Å². The van der Waals surface area contributed by atoms with Gasteiger partial charge in [0.15, 0.2) is 0 Å². The van der Waals surface area contributed by atoms with E-state index in [0.29, 0.717) is 0 Å². The van der Waals surface area contributed by atoms with E-state index in [1.54, 1.807) is 12.2 Å². The second-order valence-corrected chi connectivity index (χ2v) is 1.22. The van der Waals surface area contributed by atoms with Gasteiger partial charge in [-0.05, 0) is 6.92 Å². The summed E-state index contributed by atoms with van der Waals surface area (Å²) in [6, 6.07) is 0. The number of halogens is 1. The summed E-state index contributed by atoms with van der Waals surface area (Å²) in [5.41, 5.74) is 0. The predicted octanol–water partition coefficient (Wildman–Crippen LogP) is -4.41. The van der Waals surface area contributed by atoms with Gasteiger partial charge in [0.2, 0.25) is 0 Å². The van der Waals surface area contributed by atoms with E-state index in [2.05, 4.69) is 0 Å². The Balaban J connectivity index is -0.0000000245. The predicted molar refractivity (Wildman–Crippen MR) is 36.3 cm³/mol. The number of carboxylic acids is 1. The third-order valence-corrected chi connectivity index (χ3v) is 0.542. The van der Waals surface area contributed by atoms with Crippen LogP contribution in [0.2, 0.25) is 0 Å². The Morgan fingerprint density at radius 2 is 1.91 bits per heavy atom. The summed E-state index contributed by atoms with van der Waals surface area (Å²) in [6.07, 6.45) is 5.98. The molecule has 0 saturated carbocycles. The van der Waals surface area contributed by atoms with Crippen LogP contribution in [0, 0.1) is 0 Å². The maximum absolute atomic E-state index is 9.75. The topological polar surface area (TPSA) is 37.3 Å². The number of hydrogen-bond donors (Lipinski definition) is 1. The molecule has 0 atom stereocenters. The molecule has 11 heavy (non-hydrogen) atoms. The van der Waals surface area contributed by atoms with Gasteiger partial charge >= 0.3 is 86.9 Å². The van der Waals surface area contributed by atoms with Crippen molar-refractivity contribution in [3.8, 4) is 0 Å². The SMILES string of the molecule is C/C=C/C=C/C(=O)O.F.[H-].[H-].[K+].[Na+]. The third-order valence-electron chi connectivity index (χ3n) is 0.542. The quantitative estimate of drug-likeness (QED) is 0.275. The van der Waals surface area contributed by atoms with Gasteiger partial charge in [0.1, 0.15) is 0 Å². The Labute approximate surface area is 133 Å². The minimum absolute atomic E-state index is 0. The van der Waals surface area contributed by atoms with Crippen molar-refractivity contribution in [2.45, 2.75) is 6.92 Å². The molecule has 0 aliphatic heterocycles. The summed E-state index contributed by atoms with van der Waals surface area (Å²) in [5, 5.41) is 8.02. The van der Waals surface area contributed by atoms with Crippen LogP contribution >= 0.6 is 0 Å². The first kappa shape index (κ1) is 22.9. The van der Waals surface area contributed by atoms with Gasteiger partial charge in [-0.25, -0.2) is 4.79 Å². The second kappa shape index (κ2) is 17.6. The van der Waals surface area contributed by atoms with Crippen molar-refractivity contribution in [3.63, 3.8) is 0 Å². The van der Waals surface area contributed by atoms with Crippen molar-refractivity contribution in [3.05, 3.63) is 24.3 Å². The van der Waals surface area contributed by atoms with Gasteiger partial charge in [-0.15, -0.1) is 0 Å². The van der Waals surface area contributed by atoms with Crippen molar-refractivity contribution < 1.29 is 98.4 Å². The average molecular weight is 196 g/mol. The minimum atomic E-state index is -0.914. The summed E-state index contributed by atoms with van der Waals surface area (Å²) in [7, 11) is 0. The molecule has 0 fully saturated rings. The largest absolute Gasteiger partial charge is 1.00 e. The molecule has 0 saturated heterocycles. The van der Waals surface area contributed by atoms with E-state index in [1.165, 1.54) is 6.08 Å². The van der Waals surface area contributed by atoms with Crippen molar-refractivity contribution in [1.82, 2.24) is 0 Å². The molecule has 0 bridgehead atoms. The van der Waals surface area contributed by atoms with E-state index in [1.807, 2.05) is 6.92 Å². The fourth-order valence-corrected chi connectivity index (χ4v) is 0.249.